The van der Waals surface area contributed by atoms with Crippen molar-refractivity contribution in [1.29, 1.82) is 0 Å². The van der Waals surface area contributed by atoms with Crippen molar-refractivity contribution < 1.29 is 4.79 Å². The van der Waals surface area contributed by atoms with Crippen LogP contribution in [0, 0.1) is 20.8 Å². The molecule has 0 saturated carbocycles. The number of rotatable bonds is 5. The summed E-state index contributed by atoms with van der Waals surface area (Å²) in [5.74, 6) is 0.168. The largest absolute Gasteiger partial charge is 0.362 e. The summed E-state index contributed by atoms with van der Waals surface area (Å²) in [5, 5.41) is 0. The lowest BCUT2D eigenvalue weighted by Gasteiger charge is -2.16. The molecule has 2 rings (SSSR count). The lowest BCUT2D eigenvalue weighted by atomic mass is 10.1. The molecule has 0 fully saturated rings. The highest BCUT2D eigenvalue weighted by molar-refractivity contribution is 5.98. The van der Waals surface area contributed by atoms with Gasteiger partial charge in [0.15, 0.2) is 5.78 Å². The minimum atomic E-state index is 0.168. The first kappa shape index (κ1) is 14.5. The van der Waals surface area contributed by atoms with Gasteiger partial charge in [-0.05, 0) is 39.4 Å². The molecule has 0 aliphatic rings. The summed E-state index contributed by atoms with van der Waals surface area (Å²) in [4.78, 5) is 17.5. The van der Waals surface area contributed by atoms with Gasteiger partial charge in [0, 0.05) is 23.5 Å². The van der Waals surface area contributed by atoms with E-state index in [1.54, 1.807) is 0 Å². The van der Waals surface area contributed by atoms with Crippen LogP contribution in [-0.2, 0) is 6.54 Å². The number of aromatic amines is 1. The molecule has 0 amide bonds. The van der Waals surface area contributed by atoms with E-state index < -0.39 is 0 Å². The first-order valence-electron chi connectivity index (χ1n) is 6.89. The summed E-state index contributed by atoms with van der Waals surface area (Å²) in [6.07, 6.45) is 0. The molecule has 0 atom stereocenters. The van der Waals surface area contributed by atoms with E-state index in [4.69, 9.17) is 0 Å². The van der Waals surface area contributed by atoms with Crippen molar-refractivity contribution in [2.45, 2.75) is 27.3 Å². The molecule has 20 heavy (non-hydrogen) atoms. The van der Waals surface area contributed by atoms with Crippen LogP contribution in [0.15, 0.2) is 30.3 Å². The fourth-order valence-corrected chi connectivity index (χ4v) is 2.40. The quantitative estimate of drug-likeness (QED) is 0.847. The van der Waals surface area contributed by atoms with Crippen molar-refractivity contribution in [2.24, 2.45) is 0 Å². The van der Waals surface area contributed by atoms with E-state index in [2.05, 4.69) is 41.1 Å². The van der Waals surface area contributed by atoms with E-state index in [-0.39, 0.29) is 5.78 Å². The van der Waals surface area contributed by atoms with Gasteiger partial charge in [0.25, 0.3) is 0 Å². The molecule has 0 spiro atoms. The van der Waals surface area contributed by atoms with Crippen LogP contribution in [0.2, 0.25) is 0 Å². The molecule has 0 radical (unpaired) electrons. The number of carbonyl (C=O) groups excluding carboxylic acids is 1. The maximum absolute atomic E-state index is 12.3. The molecule has 3 heteroatoms. The number of nitrogens with one attached hydrogen (secondary N) is 1. The maximum Gasteiger partial charge on any atom is 0.178 e. The van der Waals surface area contributed by atoms with Gasteiger partial charge in [-0.25, -0.2) is 0 Å². The zero-order valence-electron chi connectivity index (χ0n) is 12.7. The second-order valence-electron chi connectivity index (χ2n) is 5.57. The molecule has 0 aliphatic carbocycles. The van der Waals surface area contributed by atoms with Crippen molar-refractivity contribution in [3.8, 4) is 0 Å². The third-order valence-electron chi connectivity index (χ3n) is 3.44. The summed E-state index contributed by atoms with van der Waals surface area (Å²) in [6.45, 7) is 7.22. The summed E-state index contributed by atoms with van der Waals surface area (Å²) in [5.41, 5.74) is 5.28. The van der Waals surface area contributed by atoms with Gasteiger partial charge in [0.1, 0.15) is 0 Å². The number of nitrogens with zero attached hydrogens (tertiary/aromatic N) is 1. The Bertz CT molecular complexity index is 596. The second kappa shape index (κ2) is 6.06. The SMILES string of the molecule is Cc1ccc(CN(C)CC(=O)c2cc(C)[nH]c2C)cc1. The number of hydrogen-bond donors (Lipinski definition) is 1. The fraction of sp³-hybridized carbons (Fsp3) is 0.353. The molecule has 1 aromatic heterocycles. The van der Waals surface area contributed by atoms with Crippen LogP contribution in [0.4, 0.5) is 0 Å². The summed E-state index contributed by atoms with van der Waals surface area (Å²) in [6, 6.07) is 10.4. The number of likely N-dealkylation sites (N-methyl/N-ethyl adjacent to an activating group) is 1. The number of aromatic nitrogens is 1. The second-order valence-corrected chi connectivity index (χ2v) is 5.57. The Morgan fingerprint density at radius 2 is 1.80 bits per heavy atom. The van der Waals surface area contributed by atoms with E-state index in [0.717, 1.165) is 23.5 Å². The Balaban J connectivity index is 1.97. The number of benzene rings is 1. The predicted octanol–water partition coefficient (Wildman–Crippen LogP) is 3.25. The highest BCUT2D eigenvalue weighted by Crippen LogP contribution is 2.12. The lowest BCUT2D eigenvalue weighted by Crippen LogP contribution is -2.25. The summed E-state index contributed by atoms with van der Waals surface area (Å²) >= 11 is 0. The molecule has 0 unspecified atom stereocenters. The zero-order chi connectivity index (χ0) is 14.7. The number of Topliss-reactive ketones (excluding diaryl/α,β-unsaturated/α-hetero) is 1. The lowest BCUT2D eigenvalue weighted by molar-refractivity contribution is 0.0942. The van der Waals surface area contributed by atoms with E-state index in [1.807, 2.05) is 27.0 Å². The van der Waals surface area contributed by atoms with E-state index in [0.29, 0.717) is 6.54 Å². The van der Waals surface area contributed by atoms with Gasteiger partial charge in [-0.1, -0.05) is 29.8 Å². The van der Waals surface area contributed by atoms with Crippen molar-refractivity contribution in [3.05, 3.63) is 58.4 Å². The Morgan fingerprint density at radius 3 is 2.35 bits per heavy atom. The van der Waals surface area contributed by atoms with Crippen molar-refractivity contribution in [3.63, 3.8) is 0 Å². The predicted molar refractivity (Wildman–Crippen MR) is 82.1 cm³/mol. The molecule has 1 aromatic carbocycles. The molecule has 1 N–H and O–H groups in total. The maximum atomic E-state index is 12.3. The highest BCUT2D eigenvalue weighted by atomic mass is 16.1. The van der Waals surface area contributed by atoms with Crippen LogP contribution in [0.5, 0.6) is 0 Å². The van der Waals surface area contributed by atoms with E-state index in [9.17, 15) is 4.79 Å². The third kappa shape index (κ3) is 3.58. The van der Waals surface area contributed by atoms with Gasteiger partial charge < -0.3 is 4.98 Å². The normalized spacial score (nSPS) is 11.1. The molecule has 2 aromatic rings. The van der Waals surface area contributed by atoms with E-state index >= 15 is 0 Å². The number of aryl methyl sites for hydroxylation is 3. The average molecular weight is 270 g/mol. The number of H-pyrrole nitrogens is 1. The van der Waals surface area contributed by atoms with Crippen LogP contribution in [-0.4, -0.2) is 29.3 Å². The molecular formula is C17H22N2O. The fourth-order valence-electron chi connectivity index (χ4n) is 2.40. The van der Waals surface area contributed by atoms with Gasteiger partial charge in [-0.15, -0.1) is 0 Å². The topological polar surface area (TPSA) is 36.1 Å². The monoisotopic (exact) mass is 270 g/mol. The van der Waals surface area contributed by atoms with Gasteiger partial charge in [-0.3, -0.25) is 9.69 Å². The molecule has 3 nitrogen and oxygen atoms in total. The molecule has 0 aliphatic heterocycles. The van der Waals surface area contributed by atoms with Crippen LogP contribution in [0.3, 0.4) is 0 Å². The summed E-state index contributed by atoms with van der Waals surface area (Å²) < 4.78 is 0. The third-order valence-corrected chi connectivity index (χ3v) is 3.44. The highest BCUT2D eigenvalue weighted by Gasteiger charge is 2.13. The summed E-state index contributed by atoms with van der Waals surface area (Å²) in [7, 11) is 1.98. The van der Waals surface area contributed by atoms with E-state index in [1.165, 1.54) is 11.1 Å². The minimum absolute atomic E-state index is 0.168. The Kier molecular flexibility index (Phi) is 4.40. The molecule has 106 valence electrons. The number of ketones is 1. The van der Waals surface area contributed by atoms with Crippen LogP contribution >= 0.6 is 0 Å². The molecule has 0 saturated heterocycles. The molecule has 0 bridgehead atoms. The van der Waals surface area contributed by atoms with Gasteiger partial charge in [0.2, 0.25) is 0 Å². The van der Waals surface area contributed by atoms with Crippen molar-refractivity contribution >= 4 is 5.78 Å². The van der Waals surface area contributed by atoms with Gasteiger partial charge in [-0.2, -0.15) is 0 Å². The first-order chi connectivity index (χ1) is 9.45. The zero-order valence-corrected chi connectivity index (χ0v) is 12.7. The Hall–Kier alpha value is -1.87. The van der Waals surface area contributed by atoms with Crippen molar-refractivity contribution in [2.75, 3.05) is 13.6 Å². The van der Waals surface area contributed by atoms with Gasteiger partial charge >= 0.3 is 0 Å². The minimum Gasteiger partial charge on any atom is -0.362 e. The average Bonchev–Trinajstić information content (AvgIpc) is 2.71. The first-order valence-corrected chi connectivity index (χ1v) is 6.89. The van der Waals surface area contributed by atoms with Crippen LogP contribution in [0.1, 0.15) is 32.9 Å². The van der Waals surface area contributed by atoms with Crippen LogP contribution in [0.25, 0.3) is 0 Å². The number of carbonyl (C=O) groups is 1. The van der Waals surface area contributed by atoms with Gasteiger partial charge in [0.05, 0.1) is 6.54 Å². The molecule has 1 heterocycles. The van der Waals surface area contributed by atoms with Crippen LogP contribution < -0.4 is 0 Å². The Morgan fingerprint density at radius 1 is 1.15 bits per heavy atom. The standard InChI is InChI=1S/C17H22N2O/c1-12-5-7-15(8-6-12)10-19(4)11-17(20)16-9-13(2)18-14(16)3/h5-9,18H,10-11H2,1-4H3. The van der Waals surface area contributed by atoms with Crippen molar-refractivity contribution in [1.82, 2.24) is 9.88 Å². The number of hydrogen-bond acceptors (Lipinski definition) is 2. The smallest absolute Gasteiger partial charge is 0.178 e. The molecular weight excluding hydrogens is 248 g/mol. The Labute approximate surface area is 120 Å².